The summed E-state index contributed by atoms with van der Waals surface area (Å²) in [6.07, 6.45) is -0.182. The molecule has 7 nitrogen and oxygen atoms in total. The van der Waals surface area contributed by atoms with Gasteiger partial charge >= 0.3 is 12.0 Å². The molecule has 94 valence electrons. The van der Waals surface area contributed by atoms with Crippen molar-refractivity contribution >= 4 is 17.8 Å². The van der Waals surface area contributed by atoms with Gasteiger partial charge in [0.05, 0.1) is 6.42 Å². The fourth-order valence-corrected chi connectivity index (χ4v) is 1.56. The highest BCUT2D eigenvalue weighted by Crippen LogP contribution is 2.17. The number of carboxylic acids is 1. The van der Waals surface area contributed by atoms with E-state index in [2.05, 4.69) is 5.10 Å². The Morgan fingerprint density at radius 3 is 2.59 bits per heavy atom. The van der Waals surface area contributed by atoms with Crippen molar-refractivity contribution in [3.8, 4) is 0 Å². The molecule has 0 fully saturated rings. The SMILES string of the molecule is Cc1cc(N(C(N)=O)C(C)CC(=O)O)nn1C. The number of rotatable bonds is 4. The van der Waals surface area contributed by atoms with Crippen LogP contribution in [-0.2, 0) is 11.8 Å². The van der Waals surface area contributed by atoms with Crippen molar-refractivity contribution in [1.29, 1.82) is 0 Å². The van der Waals surface area contributed by atoms with Gasteiger partial charge in [-0.05, 0) is 13.8 Å². The summed E-state index contributed by atoms with van der Waals surface area (Å²) in [5, 5.41) is 12.8. The Bertz CT molecular complexity index is 421. The Balaban J connectivity index is 3.01. The summed E-state index contributed by atoms with van der Waals surface area (Å²) in [7, 11) is 1.74. The van der Waals surface area contributed by atoms with Gasteiger partial charge in [0.1, 0.15) is 0 Å². The summed E-state index contributed by atoms with van der Waals surface area (Å²) in [5.74, 6) is -0.623. The van der Waals surface area contributed by atoms with Crippen molar-refractivity contribution in [2.75, 3.05) is 4.90 Å². The molecule has 0 aromatic carbocycles. The van der Waals surface area contributed by atoms with E-state index < -0.39 is 18.0 Å². The van der Waals surface area contributed by atoms with Crippen molar-refractivity contribution < 1.29 is 14.7 Å². The molecule has 1 rings (SSSR count). The quantitative estimate of drug-likeness (QED) is 0.798. The first-order valence-electron chi connectivity index (χ1n) is 5.14. The molecule has 1 atom stereocenters. The van der Waals surface area contributed by atoms with Crippen molar-refractivity contribution in [3.63, 3.8) is 0 Å². The van der Waals surface area contributed by atoms with Crippen molar-refractivity contribution in [2.24, 2.45) is 12.8 Å². The van der Waals surface area contributed by atoms with E-state index in [1.165, 1.54) is 4.90 Å². The summed E-state index contributed by atoms with van der Waals surface area (Å²) in [6.45, 7) is 3.44. The molecule has 0 radical (unpaired) electrons. The lowest BCUT2D eigenvalue weighted by atomic mass is 10.2. The number of carbonyl (C=O) groups excluding carboxylic acids is 1. The highest BCUT2D eigenvalue weighted by atomic mass is 16.4. The van der Waals surface area contributed by atoms with E-state index in [-0.39, 0.29) is 6.42 Å². The fourth-order valence-electron chi connectivity index (χ4n) is 1.56. The van der Waals surface area contributed by atoms with Crippen LogP contribution in [0, 0.1) is 6.92 Å². The molecular weight excluding hydrogens is 224 g/mol. The second-order valence-electron chi connectivity index (χ2n) is 3.92. The van der Waals surface area contributed by atoms with Gasteiger partial charge in [-0.15, -0.1) is 0 Å². The van der Waals surface area contributed by atoms with Crippen LogP contribution in [0.2, 0.25) is 0 Å². The van der Waals surface area contributed by atoms with Gasteiger partial charge in [0.15, 0.2) is 5.82 Å². The molecule has 7 heteroatoms. The maximum absolute atomic E-state index is 11.3. The third-order valence-electron chi connectivity index (χ3n) is 2.50. The minimum atomic E-state index is -0.989. The van der Waals surface area contributed by atoms with Gasteiger partial charge in [-0.2, -0.15) is 5.10 Å². The third kappa shape index (κ3) is 2.96. The molecule has 17 heavy (non-hydrogen) atoms. The van der Waals surface area contributed by atoms with Crippen molar-refractivity contribution in [2.45, 2.75) is 26.3 Å². The normalized spacial score (nSPS) is 12.2. The Morgan fingerprint density at radius 2 is 2.24 bits per heavy atom. The summed E-state index contributed by atoms with van der Waals surface area (Å²) < 4.78 is 1.60. The van der Waals surface area contributed by atoms with Crippen LogP contribution in [0.4, 0.5) is 10.6 Å². The number of amides is 2. The number of nitrogens with two attached hydrogens (primary N) is 1. The van der Waals surface area contributed by atoms with E-state index in [1.54, 1.807) is 24.7 Å². The predicted octanol–water partition coefficient (Wildman–Crippen LogP) is 0.477. The van der Waals surface area contributed by atoms with Crippen molar-refractivity contribution in [1.82, 2.24) is 9.78 Å². The fraction of sp³-hybridized carbons (Fsp3) is 0.500. The molecule has 1 heterocycles. The van der Waals surface area contributed by atoms with E-state index in [4.69, 9.17) is 10.8 Å². The molecule has 0 saturated carbocycles. The van der Waals surface area contributed by atoms with E-state index in [0.29, 0.717) is 5.82 Å². The second kappa shape index (κ2) is 4.86. The number of primary amides is 1. The lowest BCUT2D eigenvalue weighted by molar-refractivity contribution is -0.137. The zero-order valence-electron chi connectivity index (χ0n) is 10.0. The lowest BCUT2D eigenvalue weighted by Crippen LogP contribution is -2.43. The second-order valence-corrected chi connectivity index (χ2v) is 3.92. The molecular formula is C10H16N4O3. The highest BCUT2D eigenvalue weighted by molar-refractivity contribution is 5.90. The molecule has 0 aliphatic rings. The van der Waals surface area contributed by atoms with E-state index >= 15 is 0 Å². The van der Waals surface area contributed by atoms with Crippen molar-refractivity contribution in [3.05, 3.63) is 11.8 Å². The Hall–Kier alpha value is -2.05. The van der Waals surface area contributed by atoms with E-state index in [1.807, 2.05) is 6.92 Å². The zero-order valence-corrected chi connectivity index (χ0v) is 10.0. The molecule has 0 spiro atoms. The van der Waals surface area contributed by atoms with Gasteiger partial charge in [-0.3, -0.25) is 14.4 Å². The summed E-state index contributed by atoms with van der Waals surface area (Å²) in [5.41, 5.74) is 6.10. The Labute approximate surface area is 98.8 Å². The number of aliphatic carboxylic acids is 1. The van der Waals surface area contributed by atoms with Gasteiger partial charge in [-0.1, -0.05) is 0 Å². The molecule has 2 amide bonds. The lowest BCUT2D eigenvalue weighted by Gasteiger charge is -2.23. The monoisotopic (exact) mass is 240 g/mol. The zero-order chi connectivity index (χ0) is 13.2. The predicted molar refractivity (Wildman–Crippen MR) is 61.7 cm³/mol. The molecule has 0 aliphatic carbocycles. The number of carbonyl (C=O) groups is 2. The number of carboxylic acid groups (broad SMARTS) is 1. The Kier molecular flexibility index (Phi) is 3.72. The van der Waals surface area contributed by atoms with Crippen LogP contribution < -0.4 is 10.6 Å². The number of urea groups is 1. The molecule has 0 saturated heterocycles. The van der Waals surface area contributed by atoms with Gasteiger partial charge in [0.25, 0.3) is 0 Å². The van der Waals surface area contributed by atoms with Crippen LogP contribution in [0.3, 0.4) is 0 Å². The minimum absolute atomic E-state index is 0.182. The largest absolute Gasteiger partial charge is 0.481 e. The highest BCUT2D eigenvalue weighted by Gasteiger charge is 2.24. The van der Waals surface area contributed by atoms with Gasteiger partial charge in [0, 0.05) is 24.8 Å². The van der Waals surface area contributed by atoms with E-state index in [9.17, 15) is 9.59 Å². The number of hydrogen-bond donors (Lipinski definition) is 2. The maximum atomic E-state index is 11.3. The first kappa shape index (κ1) is 13.0. The molecule has 1 aromatic heterocycles. The van der Waals surface area contributed by atoms with Crippen LogP contribution in [-0.4, -0.2) is 32.9 Å². The number of aryl methyl sites for hydroxylation is 2. The van der Waals surface area contributed by atoms with Gasteiger partial charge < -0.3 is 10.8 Å². The summed E-state index contributed by atoms with van der Waals surface area (Å²) in [4.78, 5) is 23.2. The average molecular weight is 240 g/mol. The molecule has 1 unspecified atom stereocenters. The molecule has 0 bridgehead atoms. The number of nitrogens with zero attached hydrogens (tertiary/aromatic N) is 3. The standard InChI is InChI=1S/C10H16N4O3/c1-6-4-8(12-13(6)3)14(10(11)17)7(2)5-9(15)16/h4,7H,5H2,1-3H3,(H2,11,17)(H,15,16). The molecule has 1 aromatic rings. The van der Waals surface area contributed by atoms with Crippen LogP contribution in [0.15, 0.2) is 6.07 Å². The third-order valence-corrected chi connectivity index (χ3v) is 2.50. The summed E-state index contributed by atoms with van der Waals surface area (Å²) >= 11 is 0. The van der Waals surface area contributed by atoms with Crippen LogP contribution in [0.25, 0.3) is 0 Å². The van der Waals surface area contributed by atoms with Crippen LogP contribution >= 0.6 is 0 Å². The topological polar surface area (TPSA) is 101 Å². The average Bonchev–Trinajstić information content (AvgIpc) is 2.44. The molecule has 0 aliphatic heterocycles. The first-order chi connectivity index (χ1) is 7.82. The van der Waals surface area contributed by atoms with Gasteiger partial charge in [0.2, 0.25) is 0 Å². The Morgan fingerprint density at radius 1 is 1.65 bits per heavy atom. The first-order valence-corrected chi connectivity index (χ1v) is 5.14. The number of hydrogen-bond acceptors (Lipinski definition) is 3. The van der Waals surface area contributed by atoms with Gasteiger partial charge in [-0.25, -0.2) is 4.79 Å². The smallest absolute Gasteiger partial charge is 0.320 e. The number of aromatic nitrogens is 2. The molecule has 3 N–H and O–H groups in total. The maximum Gasteiger partial charge on any atom is 0.320 e. The summed E-state index contributed by atoms with van der Waals surface area (Å²) in [6, 6.07) is 0.430. The minimum Gasteiger partial charge on any atom is -0.481 e. The number of anilines is 1. The van der Waals surface area contributed by atoms with Crippen LogP contribution in [0.1, 0.15) is 19.0 Å². The van der Waals surface area contributed by atoms with E-state index in [0.717, 1.165) is 5.69 Å². The van der Waals surface area contributed by atoms with Crippen LogP contribution in [0.5, 0.6) is 0 Å².